The summed E-state index contributed by atoms with van der Waals surface area (Å²) in [6.45, 7) is 7.85. The van der Waals surface area contributed by atoms with Gasteiger partial charge in [-0.05, 0) is 73.5 Å². The molecule has 0 atom stereocenters. The van der Waals surface area contributed by atoms with Crippen molar-refractivity contribution in [3.05, 3.63) is 157 Å². The maximum atomic E-state index is 7.85. The fraction of sp³-hybridized carbons (Fsp3) is 0. The summed E-state index contributed by atoms with van der Waals surface area (Å²) in [6, 6.07) is 51.0. The lowest BCUT2D eigenvalue weighted by molar-refractivity contribution is 1.41. The van der Waals surface area contributed by atoms with E-state index in [1.54, 1.807) is 0 Å². The Morgan fingerprint density at radius 2 is 1.02 bits per heavy atom. The Balaban J connectivity index is 1.49. The average molecular weight is 533 g/mol. The molecule has 8 aromatic rings. The lowest BCUT2D eigenvalue weighted by Gasteiger charge is -2.17. The monoisotopic (exact) mass is 532 g/mol. The topological polar surface area (TPSA) is 17.2 Å². The molecule has 0 unspecified atom stereocenters. The van der Waals surface area contributed by atoms with E-state index < -0.39 is 0 Å². The third kappa shape index (κ3) is 3.91. The zero-order valence-corrected chi connectivity index (χ0v) is 22.8. The maximum absolute atomic E-state index is 7.85. The molecule has 1 aromatic heterocycles. The molecule has 0 aliphatic carbocycles. The van der Waals surface area contributed by atoms with Gasteiger partial charge in [0.15, 0.2) is 5.69 Å². The van der Waals surface area contributed by atoms with E-state index in [0.29, 0.717) is 5.69 Å². The molecule has 0 spiro atoms. The number of hydrogen-bond acceptors (Lipinski definition) is 1. The first kappa shape index (κ1) is 24.1. The number of benzene rings is 7. The third-order valence-corrected chi connectivity index (χ3v) is 8.24. The molecule has 2 nitrogen and oxygen atoms in total. The minimum Gasteiger partial charge on any atom is -0.247 e. The van der Waals surface area contributed by atoms with Crippen LogP contribution in [0.5, 0.6) is 0 Å². The third-order valence-electron chi connectivity index (χ3n) is 8.24. The number of pyridine rings is 1. The van der Waals surface area contributed by atoms with Crippen LogP contribution in [-0.4, -0.2) is 4.98 Å². The summed E-state index contributed by atoms with van der Waals surface area (Å²) in [5.74, 6) is 0. The van der Waals surface area contributed by atoms with Crippen molar-refractivity contribution >= 4 is 48.9 Å². The van der Waals surface area contributed by atoms with Crippen LogP contribution < -0.4 is 0 Å². The van der Waals surface area contributed by atoms with Gasteiger partial charge in [-0.15, -0.1) is 0 Å². The molecule has 0 amide bonds. The quantitative estimate of drug-likeness (QED) is 0.163. The second-order valence-corrected chi connectivity index (χ2v) is 10.7. The standard InChI is InChI=1S/C40H24N2/c1-41-38-17-9-8-15-33(38)36-24-37-35(30-20-18-26-10-2-4-12-28(26)22-30)25-39(42-40(37)34-16-7-6-14-32(34)36)31-21-19-27-11-3-5-13-29(27)23-31/h2-25H. The molecular formula is C40H24N2. The minimum absolute atomic E-state index is 0.648. The smallest absolute Gasteiger partial charge is 0.194 e. The first-order valence-corrected chi connectivity index (χ1v) is 14.1. The summed E-state index contributed by atoms with van der Waals surface area (Å²) >= 11 is 0. The van der Waals surface area contributed by atoms with Gasteiger partial charge in [0.05, 0.1) is 17.8 Å². The van der Waals surface area contributed by atoms with Gasteiger partial charge in [-0.2, -0.15) is 0 Å². The Hall–Kier alpha value is -5.78. The number of para-hydroxylation sites is 1. The van der Waals surface area contributed by atoms with Gasteiger partial charge in [-0.1, -0.05) is 121 Å². The first-order chi connectivity index (χ1) is 20.8. The molecule has 0 aliphatic rings. The molecule has 7 aromatic carbocycles. The van der Waals surface area contributed by atoms with Crippen molar-refractivity contribution in [3.8, 4) is 33.5 Å². The Morgan fingerprint density at radius 1 is 0.429 bits per heavy atom. The normalized spacial score (nSPS) is 11.3. The average Bonchev–Trinajstić information content (AvgIpc) is 3.07. The van der Waals surface area contributed by atoms with Crippen LogP contribution in [0.3, 0.4) is 0 Å². The van der Waals surface area contributed by atoms with Crippen molar-refractivity contribution in [1.82, 2.24) is 4.98 Å². The van der Waals surface area contributed by atoms with Gasteiger partial charge in [-0.25, -0.2) is 9.83 Å². The molecular weight excluding hydrogens is 508 g/mol. The van der Waals surface area contributed by atoms with Crippen LogP contribution in [0.4, 0.5) is 5.69 Å². The van der Waals surface area contributed by atoms with Crippen molar-refractivity contribution in [2.24, 2.45) is 0 Å². The van der Waals surface area contributed by atoms with Gasteiger partial charge in [0.2, 0.25) is 0 Å². The first-order valence-electron chi connectivity index (χ1n) is 14.1. The number of rotatable bonds is 3. The lowest BCUT2D eigenvalue weighted by Crippen LogP contribution is -1.93. The minimum atomic E-state index is 0.648. The predicted octanol–water partition coefficient (Wildman–Crippen LogP) is 11.2. The zero-order chi connectivity index (χ0) is 28.0. The van der Waals surface area contributed by atoms with Gasteiger partial charge >= 0.3 is 0 Å². The van der Waals surface area contributed by atoms with Gasteiger partial charge in [0, 0.05) is 16.3 Å². The highest BCUT2D eigenvalue weighted by molar-refractivity contribution is 6.17. The molecule has 0 saturated heterocycles. The van der Waals surface area contributed by atoms with E-state index in [9.17, 15) is 0 Å². The summed E-state index contributed by atoms with van der Waals surface area (Å²) in [5.41, 5.74) is 7.89. The van der Waals surface area contributed by atoms with E-state index >= 15 is 0 Å². The van der Waals surface area contributed by atoms with Crippen LogP contribution in [0.1, 0.15) is 0 Å². The van der Waals surface area contributed by atoms with E-state index in [2.05, 4.69) is 126 Å². The fourth-order valence-corrected chi connectivity index (χ4v) is 6.17. The van der Waals surface area contributed by atoms with E-state index in [-0.39, 0.29) is 0 Å². The Morgan fingerprint density at radius 3 is 1.76 bits per heavy atom. The predicted molar refractivity (Wildman–Crippen MR) is 177 cm³/mol. The van der Waals surface area contributed by atoms with Gasteiger partial charge < -0.3 is 0 Å². The van der Waals surface area contributed by atoms with Crippen LogP contribution in [-0.2, 0) is 0 Å². The number of aromatic nitrogens is 1. The lowest BCUT2D eigenvalue weighted by atomic mass is 9.90. The molecule has 42 heavy (non-hydrogen) atoms. The van der Waals surface area contributed by atoms with E-state index in [0.717, 1.165) is 55.2 Å². The van der Waals surface area contributed by atoms with E-state index in [4.69, 9.17) is 11.6 Å². The van der Waals surface area contributed by atoms with Crippen LogP contribution in [0, 0.1) is 6.57 Å². The van der Waals surface area contributed by atoms with E-state index in [1.807, 2.05) is 24.3 Å². The molecule has 194 valence electrons. The van der Waals surface area contributed by atoms with Crippen LogP contribution in [0.25, 0.3) is 81.6 Å². The van der Waals surface area contributed by atoms with Crippen LogP contribution in [0.15, 0.2) is 146 Å². The second kappa shape index (κ2) is 9.70. The van der Waals surface area contributed by atoms with Gasteiger partial charge in [-0.3, -0.25) is 0 Å². The summed E-state index contributed by atoms with van der Waals surface area (Å²) in [5, 5.41) is 8.06. The molecule has 2 heteroatoms. The van der Waals surface area contributed by atoms with Crippen molar-refractivity contribution in [3.63, 3.8) is 0 Å². The van der Waals surface area contributed by atoms with Crippen molar-refractivity contribution in [1.29, 1.82) is 0 Å². The Labute approximate surface area is 244 Å². The fourth-order valence-electron chi connectivity index (χ4n) is 6.17. The largest absolute Gasteiger partial charge is 0.247 e. The summed E-state index contributed by atoms with van der Waals surface area (Å²) in [6.07, 6.45) is 0. The molecule has 0 fully saturated rings. The summed E-state index contributed by atoms with van der Waals surface area (Å²) in [4.78, 5) is 9.21. The molecule has 0 bridgehead atoms. The number of nitrogens with zero attached hydrogens (tertiary/aromatic N) is 2. The van der Waals surface area contributed by atoms with Crippen LogP contribution in [0.2, 0.25) is 0 Å². The highest BCUT2D eigenvalue weighted by Gasteiger charge is 2.17. The highest BCUT2D eigenvalue weighted by atomic mass is 14.7. The molecule has 0 aliphatic heterocycles. The second-order valence-electron chi connectivity index (χ2n) is 10.7. The number of hydrogen-bond donors (Lipinski definition) is 0. The van der Waals surface area contributed by atoms with E-state index in [1.165, 1.54) is 21.5 Å². The Kier molecular flexibility index (Phi) is 5.55. The Bertz CT molecular complexity index is 2380. The number of fused-ring (bicyclic) bond motifs is 5. The van der Waals surface area contributed by atoms with Gasteiger partial charge in [0.25, 0.3) is 0 Å². The van der Waals surface area contributed by atoms with Crippen molar-refractivity contribution in [2.45, 2.75) is 0 Å². The van der Waals surface area contributed by atoms with Crippen molar-refractivity contribution in [2.75, 3.05) is 0 Å². The molecule has 0 radical (unpaired) electrons. The SMILES string of the molecule is [C-]#[N+]c1ccccc1-c1cc2c(-c3ccc4ccccc4c3)cc(-c3ccc4ccccc4c3)nc2c2ccccc12. The highest BCUT2D eigenvalue weighted by Crippen LogP contribution is 2.43. The molecule has 0 saturated carbocycles. The summed E-state index contributed by atoms with van der Waals surface area (Å²) in [7, 11) is 0. The molecule has 8 rings (SSSR count). The van der Waals surface area contributed by atoms with Crippen LogP contribution >= 0.6 is 0 Å². The van der Waals surface area contributed by atoms with Gasteiger partial charge in [0.1, 0.15) is 0 Å². The maximum Gasteiger partial charge on any atom is 0.194 e. The van der Waals surface area contributed by atoms with Crippen molar-refractivity contribution < 1.29 is 0 Å². The molecule has 0 N–H and O–H groups in total. The molecule has 1 heterocycles. The summed E-state index contributed by atoms with van der Waals surface area (Å²) < 4.78 is 0. The zero-order valence-electron chi connectivity index (χ0n) is 22.8.